The fourth-order valence-corrected chi connectivity index (χ4v) is 3.16. The molecule has 9 nitrogen and oxygen atoms in total. The summed E-state index contributed by atoms with van der Waals surface area (Å²) < 4.78 is 19.1. The van der Waals surface area contributed by atoms with E-state index in [-0.39, 0.29) is 55.5 Å². The number of hydrogen-bond acceptors (Lipinski definition) is 8. The number of benzene rings is 1. The Hall–Kier alpha value is -3.50. The third kappa shape index (κ3) is 5.21. The monoisotopic (exact) mass is 445 g/mol. The average Bonchev–Trinajstić information content (AvgIpc) is 2.93. The first kappa shape index (κ1) is 23.2. The summed E-state index contributed by atoms with van der Waals surface area (Å²) in [6.45, 7) is 1.11. The van der Waals surface area contributed by atoms with Crippen molar-refractivity contribution < 1.29 is 34.0 Å². The van der Waals surface area contributed by atoms with Crippen LogP contribution in [0.4, 0.5) is 10.1 Å². The van der Waals surface area contributed by atoms with E-state index in [1.165, 1.54) is 18.3 Å². The van der Waals surface area contributed by atoms with Crippen molar-refractivity contribution in [2.24, 2.45) is 0 Å². The molecule has 1 atom stereocenters. The molecular formula is C22H24FN3O6. The number of ether oxygens (including phenoxy) is 1. The summed E-state index contributed by atoms with van der Waals surface area (Å²) in [6, 6.07) is 5.89. The fourth-order valence-electron chi connectivity index (χ4n) is 3.16. The predicted octanol–water partition coefficient (Wildman–Crippen LogP) is 0.943. The molecular weight excluding hydrogens is 421 g/mol. The smallest absolute Gasteiger partial charge is 0.258 e. The van der Waals surface area contributed by atoms with Gasteiger partial charge in [-0.05, 0) is 24.6 Å². The Kier molecular flexibility index (Phi) is 7.06. The Morgan fingerprint density at radius 2 is 2.09 bits per heavy atom. The number of aldehydes is 1. The van der Waals surface area contributed by atoms with E-state index in [9.17, 15) is 24.2 Å². The lowest BCUT2D eigenvalue weighted by atomic mass is 10.0. The first-order chi connectivity index (χ1) is 15.3. The summed E-state index contributed by atoms with van der Waals surface area (Å²) in [5.74, 6) is -1.65. The third-order valence-electron chi connectivity index (χ3n) is 4.83. The average molecular weight is 445 g/mol. The highest BCUT2D eigenvalue weighted by atomic mass is 19.1. The van der Waals surface area contributed by atoms with Crippen molar-refractivity contribution >= 4 is 23.6 Å². The highest BCUT2D eigenvalue weighted by Crippen LogP contribution is 2.38. The van der Waals surface area contributed by atoms with Gasteiger partial charge in [-0.25, -0.2) is 4.39 Å². The molecule has 0 aliphatic carbocycles. The number of carbonyl (C=O) groups is 2. The zero-order chi connectivity index (χ0) is 23.3. The van der Waals surface area contributed by atoms with Crippen LogP contribution in [0.15, 0.2) is 36.0 Å². The van der Waals surface area contributed by atoms with Gasteiger partial charge in [-0.15, -0.1) is 0 Å². The van der Waals surface area contributed by atoms with E-state index >= 15 is 0 Å². The van der Waals surface area contributed by atoms with Crippen molar-refractivity contribution in [3.8, 4) is 5.75 Å². The maximum absolute atomic E-state index is 13.2. The van der Waals surface area contributed by atoms with E-state index < -0.39 is 22.8 Å². The van der Waals surface area contributed by atoms with E-state index in [0.29, 0.717) is 12.0 Å². The van der Waals surface area contributed by atoms with Crippen LogP contribution in [-0.4, -0.2) is 64.4 Å². The van der Waals surface area contributed by atoms with Gasteiger partial charge in [0.25, 0.3) is 5.91 Å². The molecule has 1 aromatic heterocycles. The van der Waals surface area contributed by atoms with Crippen LogP contribution in [-0.2, 0) is 16.0 Å². The molecule has 1 amide bonds. The summed E-state index contributed by atoms with van der Waals surface area (Å²) >= 11 is 0. The van der Waals surface area contributed by atoms with Crippen molar-refractivity contribution in [3.05, 3.63) is 58.7 Å². The number of anilines is 1. The third-order valence-corrected chi connectivity index (χ3v) is 4.83. The van der Waals surface area contributed by atoms with Crippen LogP contribution >= 0.6 is 0 Å². The van der Waals surface area contributed by atoms with E-state index in [4.69, 9.17) is 9.84 Å². The van der Waals surface area contributed by atoms with Gasteiger partial charge < -0.3 is 30.7 Å². The zero-order valence-electron chi connectivity index (χ0n) is 17.4. The number of carbonyl (C=O) groups excluding carboxylic acids is 2. The number of nitrogens with zero attached hydrogens (tertiary/aromatic N) is 1. The summed E-state index contributed by atoms with van der Waals surface area (Å²) in [7, 11) is 0. The van der Waals surface area contributed by atoms with Crippen molar-refractivity contribution in [1.82, 2.24) is 10.3 Å². The minimum Gasteiger partial charge on any atom is -0.505 e. The van der Waals surface area contributed by atoms with E-state index in [1.54, 1.807) is 19.1 Å². The lowest BCUT2D eigenvalue weighted by Gasteiger charge is -2.19. The molecule has 0 radical (unpaired) electrons. The normalized spacial score (nSPS) is 18.4. The number of halogens is 1. The van der Waals surface area contributed by atoms with Crippen LogP contribution in [0.3, 0.4) is 0 Å². The number of rotatable bonds is 7. The minimum atomic E-state index is -1.24. The quantitative estimate of drug-likeness (QED) is 0.139. The molecule has 0 spiro atoms. The molecule has 3 rings (SSSR count). The Labute approximate surface area is 183 Å². The van der Waals surface area contributed by atoms with E-state index in [0.717, 1.165) is 5.56 Å². The van der Waals surface area contributed by atoms with Gasteiger partial charge in [-0.1, -0.05) is 12.1 Å². The van der Waals surface area contributed by atoms with Gasteiger partial charge in [-0.3, -0.25) is 14.6 Å². The number of hydrogen-bond donors (Lipinski definition) is 5. The lowest BCUT2D eigenvalue weighted by molar-refractivity contribution is -0.119. The molecule has 0 saturated carbocycles. The van der Waals surface area contributed by atoms with Crippen molar-refractivity contribution in [2.75, 3.05) is 31.6 Å². The standard InChI is InChI=1S/C22H24FN3O6/c1-22(31)11-26-18-17(19(29)16(10-28)21(30)24-6-7-27)25-9-14(20(18)32-12-22)8-13-2-4-15(23)5-3-13/h2-5,9-10,26-27,29,31H,6-8,11-12H2,1H3,(H,24,30)/b19-16-. The number of amides is 1. The molecule has 0 bridgehead atoms. The van der Waals surface area contributed by atoms with Gasteiger partial charge in [0.15, 0.2) is 12.0 Å². The molecule has 170 valence electrons. The van der Waals surface area contributed by atoms with Gasteiger partial charge in [0, 0.05) is 31.3 Å². The van der Waals surface area contributed by atoms with Gasteiger partial charge in [-0.2, -0.15) is 0 Å². The number of fused-ring (bicyclic) bond motifs is 1. The molecule has 1 aliphatic heterocycles. The molecule has 1 unspecified atom stereocenters. The van der Waals surface area contributed by atoms with Crippen molar-refractivity contribution in [1.29, 1.82) is 0 Å². The molecule has 0 fully saturated rings. The SMILES string of the molecule is CC1(O)CNc2c(/C(O)=C(\C=O)C(=O)NCCO)ncc(Cc3ccc(F)cc3)c2OC1. The lowest BCUT2D eigenvalue weighted by Crippen LogP contribution is -2.37. The van der Waals surface area contributed by atoms with Crippen LogP contribution in [0.5, 0.6) is 5.75 Å². The molecule has 32 heavy (non-hydrogen) atoms. The Bertz CT molecular complexity index is 1040. The van der Waals surface area contributed by atoms with Crippen LogP contribution < -0.4 is 15.4 Å². The van der Waals surface area contributed by atoms with Crippen LogP contribution in [0.2, 0.25) is 0 Å². The topological polar surface area (TPSA) is 141 Å². The first-order valence-corrected chi connectivity index (χ1v) is 9.89. The highest BCUT2D eigenvalue weighted by molar-refractivity contribution is 6.16. The van der Waals surface area contributed by atoms with Gasteiger partial charge in [0.1, 0.15) is 40.7 Å². The number of β-amino-alcohol motifs (C(OH)–C–C–N with tert-alkyl or cyclic N) is 1. The van der Waals surface area contributed by atoms with Crippen molar-refractivity contribution in [2.45, 2.75) is 18.9 Å². The largest absolute Gasteiger partial charge is 0.505 e. The Morgan fingerprint density at radius 3 is 2.75 bits per heavy atom. The number of aromatic nitrogens is 1. The molecule has 0 saturated heterocycles. The zero-order valence-corrected chi connectivity index (χ0v) is 17.4. The number of nitrogens with one attached hydrogen (secondary N) is 2. The summed E-state index contributed by atoms with van der Waals surface area (Å²) in [4.78, 5) is 27.9. The van der Waals surface area contributed by atoms with Crippen molar-refractivity contribution in [3.63, 3.8) is 0 Å². The summed E-state index contributed by atoms with van der Waals surface area (Å²) in [5.41, 5.74) is -0.354. The summed E-state index contributed by atoms with van der Waals surface area (Å²) in [6.07, 6.45) is 1.93. The van der Waals surface area contributed by atoms with Crippen LogP contribution in [0.1, 0.15) is 23.7 Å². The molecule has 1 aromatic carbocycles. The molecule has 2 aromatic rings. The van der Waals surface area contributed by atoms with Gasteiger partial charge in [0.2, 0.25) is 0 Å². The van der Waals surface area contributed by atoms with E-state index in [1.807, 2.05) is 0 Å². The maximum atomic E-state index is 13.2. The van der Waals surface area contributed by atoms with Crippen LogP contribution in [0.25, 0.3) is 5.76 Å². The fraction of sp³-hybridized carbons (Fsp3) is 0.318. The molecule has 5 N–H and O–H groups in total. The highest BCUT2D eigenvalue weighted by Gasteiger charge is 2.31. The Balaban J connectivity index is 2.08. The van der Waals surface area contributed by atoms with Gasteiger partial charge >= 0.3 is 0 Å². The maximum Gasteiger partial charge on any atom is 0.258 e. The number of aliphatic hydroxyl groups excluding tert-OH is 2. The molecule has 10 heteroatoms. The van der Waals surface area contributed by atoms with Crippen LogP contribution in [0, 0.1) is 5.82 Å². The second kappa shape index (κ2) is 9.75. The Morgan fingerprint density at radius 1 is 1.38 bits per heavy atom. The first-order valence-electron chi connectivity index (χ1n) is 9.89. The second-order valence-corrected chi connectivity index (χ2v) is 7.64. The van der Waals surface area contributed by atoms with Gasteiger partial charge in [0.05, 0.1) is 6.61 Å². The number of pyridine rings is 1. The number of aliphatic hydroxyl groups is 3. The summed E-state index contributed by atoms with van der Waals surface area (Å²) in [5, 5.41) is 35.3. The second-order valence-electron chi connectivity index (χ2n) is 7.64. The minimum absolute atomic E-state index is 0.0507. The molecule has 2 heterocycles. The van der Waals surface area contributed by atoms with E-state index in [2.05, 4.69) is 15.6 Å². The molecule has 1 aliphatic rings. The predicted molar refractivity (Wildman–Crippen MR) is 114 cm³/mol.